The van der Waals surface area contributed by atoms with Gasteiger partial charge in [0.05, 0.1) is 6.54 Å². The highest BCUT2D eigenvalue weighted by atomic mass is 16.5. The lowest BCUT2D eigenvalue weighted by Gasteiger charge is -2.36. The van der Waals surface area contributed by atoms with Gasteiger partial charge in [0.2, 0.25) is 11.8 Å². The van der Waals surface area contributed by atoms with Crippen molar-refractivity contribution in [3.8, 4) is 0 Å². The van der Waals surface area contributed by atoms with Gasteiger partial charge in [-0.05, 0) is 50.3 Å². The molecule has 0 radical (unpaired) electrons. The summed E-state index contributed by atoms with van der Waals surface area (Å²) in [5, 5.41) is 4.11. The van der Waals surface area contributed by atoms with Crippen LogP contribution < -0.4 is 0 Å². The number of carbonyl (C=O) groups excluding carboxylic acids is 1. The highest BCUT2D eigenvalue weighted by molar-refractivity contribution is 5.79. The van der Waals surface area contributed by atoms with Crippen molar-refractivity contribution >= 4 is 5.91 Å². The molecule has 1 amide bonds. The number of likely N-dealkylation sites (tertiary alicyclic amines) is 2. The molecule has 6 nitrogen and oxygen atoms in total. The molecule has 2 aliphatic heterocycles. The molecule has 0 bridgehead atoms. The van der Waals surface area contributed by atoms with E-state index in [1.807, 2.05) is 18.2 Å². The van der Waals surface area contributed by atoms with Crippen LogP contribution in [0.3, 0.4) is 0 Å². The van der Waals surface area contributed by atoms with Crippen molar-refractivity contribution in [2.75, 3.05) is 26.2 Å². The molecule has 1 aromatic heterocycles. The van der Waals surface area contributed by atoms with Crippen molar-refractivity contribution in [1.29, 1.82) is 0 Å². The maximum Gasteiger partial charge on any atom is 0.240 e. The maximum absolute atomic E-state index is 12.8. The van der Waals surface area contributed by atoms with Crippen molar-refractivity contribution < 1.29 is 9.32 Å². The molecule has 1 aromatic carbocycles. The van der Waals surface area contributed by atoms with Gasteiger partial charge in [0.15, 0.2) is 5.82 Å². The Labute approximate surface area is 166 Å². The van der Waals surface area contributed by atoms with Gasteiger partial charge >= 0.3 is 0 Å². The summed E-state index contributed by atoms with van der Waals surface area (Å²) in [7, 11) is 0. The molecule has 2 saturated heterocycles. The van der Waals surface area contributed by atoms with Crippen LogP contribution in [0.1, 0.15) is 49.9 Å². The third-order valence-electron chi connectivity index (χ3n) is 5.98. The largest absolute Gasteiger partial charge is 0.342 e. The quantitative estimate of drug-likeness (QED) is 0.795. The summed E-state index contributed by atoms with van der Waals surface area (Å²) in [6.45, 7) is 6.62. The smallest absolute Gasteiger partial charge is 0.240 e. The molecule has 150 valence electrons. The Kier molecular flexibility index (Phi) is 6.05. The van der Waals surface area contributed by atoms with Gasteiger partial charge in [-0.3, -0.25) is 9.69 Å². The molecule has 2 aromatic rings. The van der Waals surface area contributed by atoms with E-state index in [1.165, 1.54) is 12.0 Å². The van der Waals surface area contributed by atoms with E-state index in [1.54, 1.807) is 0 Å². The van der Waals surface area contributed by atoms with Crippen LogP contribution in [0.25, 0.3) is 0 Å². The van der Waals surface area contributed by atoms with Gasteiger partial charge in [0.1, 0.15) is 0 Å². The van der Waals surface area contributed by atoms with E-state index in [-0.39, 0.29) is 5.92 Å². The fourth-order valence-electron chi connectivity index (χ4n) is 4.38. The molecule has 6 heteroatoms. The molecule has 1 atom stereocenters. The molecule has 2 aliphatic rings. The van der Waals surface area contributed by atoms with Crippen LogP contribution in [0.4, 0.5) is 0 Å². The number of piperidine rings is 2. The predicted molar refractivity (Wildman–Crippen MR) is 107 cm³/mol. The Morgan fingerprint density at radius 3 is 2.68 bits per heavy atom. The third kappa shape index (κ3) is 4.79. The van der Waals surface area contributed by atoms with Crippen molar-refractivity contribution in [2.45, 2.75) is 45.6 Å². The number of amides is 1. The average molecular weight is 383 g/mol. The second kappa shape index (κ2) is 8.86. The third-order valence-corrected chi connectivity index (χ3v) is 5.98. The minimum absolute atomic E-state index is 0.179. The highest BCUT2D eigenvalue weighted by Crippen LogP contribution is 2.24. The first kappa shape index (κ1) is 19.1. The first-order valence-corrected chi connectivity index (χ1v) is 10.5. The summed E-state index contributed by atoms with van der Waals surface area (Å²) in [4.78, 5) is 21.8. The van der Waals surface area contributed by atoms with Gasteiger partial charge < -0.3 is 9.42 Å². The Morgan fingerprint density at radius 2 is 1.93 bits per heavy atom. The van der Waals surface area contributed by atoms with Crippen LogP contribution in [0.2, 0.25) is 0 Å². The first-order valence-electron chi connectivity index (χ1n) is 10.5. The summed E-state index contributed by atoms with van der Waals surface area (Å²) in [5.41, 5.74) is 1.18. The summed E-state index contributed by atoms with van der Waals surface area (Å²) in [6, 6.07) is 10.2. The molecule has 2 fully saturated rings. The predicted octanol–water partition coefficient (Wildman–Crippen LogP) is 3.13. The number of aromatic nitrogens is 2. The first-order chi connectivity index (χ1) is 13.7. The molecule has 1 unspecified atom stereocenters. The minimum Gasteiger partial charge on any atom is -0.342 e. The van der Waals surface area contributed by atoms with Crippen LogP contribution in [0.15, 0.2) is 34.9 Å². The van der Waals surface area contributed by atoms with E-state index in [0.29, 0.717) is 30.7 Å². The van der Waals surface area contributed by atoms with Gasteiger partial charge in [0.25, 0.3) is 0 Å². The molecular formula is C22H30N4O2. The normalized spacial score (nSPS) is 21.8. The lowest BCUT2D eigenvalue weighted by molar-refractivity contribution is -0.138. The zero-order valence-electron chi connectivity index (χ0n) is 16.7. The molecule has 28 heavy (non-hydrogen) atoms. The maximum atomic E-state index is 12.8. The van der Waals surface area contributed by atoms with E-state index < -0.39 is 0 Å². The van der Waals surface area contributed by atoms with E-state index >= 15 is 0 Å². The van der Waals surface area contributed by atoms with Crippen LogP contribution in [0.5, 0.6) is 0 Å². The average Bonchev–Trinajstić information content (AvgIpc) is 3.15. The monoisotopic (exact) mass is 382 g/mol. The van der Waals surface area contributed by atoms with Gasteiger partial charge in [-0.15, -0.1) is 0 Å². The van der Waals surface area contributed by atoms with E-state index in [4.69, 9.17) is 4.52 Å². The lowest BCUT2D eigenvalue weighted by atomic mass is 9.93. The van der Waals surface area contributed by atoms with Gasteiger partial charge in [-0.2, -0.15) is 4.98 Å². The van der Waals surface area contributed by atoms with Crippen LogP contribution in [-0.4, -0.2) is 52.0 Å². The van der Waals surface area contributed by atoms with Crippen LogP contribution in [-0.2, 0) is 17.8 Å². The number of benzene rings is 1. The summed E-state index contributed by atoms with van der Waals surface area (Å²) in [5.74, 6) is 2.58. The molecule has 4 rings (SSSR count). The van der Waals surface area contributed by atoms with Crippen molar-refractivity contribution in [3.63, 3.8) is 0 Å². The Balaban J connectivity index is 1.25. The number of hydrogen-bond acceptors (Lipinski definition) is 5. The zero-order valence-corrected chi connectivity index (χ0v) is 16.7. The van der Waals surface area contributed by atoms with Crippen molar-refractivity contribution in [3.05, 3.63) is 47.6 Å². The minimum atomic E-state index is 0.179. The van der Waals surface area contributed by atoms with Crippen LogP contribution >= 0.6 is 0 Å². The molecule has 0 spiro atoms. The SMILES string of the molecule is CC1CCCN(C(=O)C2CCN(Cc3nc(Cc4ccccc4)no3)CC2)C1. The van der Waals surface area contributed by atoms with E-state index in [0.717, 1.165) is 51.3 Å². The number of hydrogen-bond donors (Lipinski definition) is 0. The molecule has 0 saturated carbocycles. The molecule has 3 heterocycles. The van der Waals surface area contributed by atoms with Gasteiger partial charge in [0, 0.05) is 25.4 Å². The topological polar surface area (TPSA) is 62.5 Å². The number of rotatable bonds is 5. The summed E-state index contributed by atoms with van der Waals surface area (Å²) in [6.07, 6.45) is 4.94. The van der Waals surface area contributed by atoms with Gasteiger partial charge in [-0.1, -0.05) is 42.4 Å². The second-order valence-electron chi connectivity index (χ2n) is 8.35. The number of carbonyl (C=O) groups is 1. The second-order valence-corrected chi connectivity index (χ2v) is 8.35. The van der Waals surface area contributed by atoms with E-state index in [9.17, 15) is 4.79 Å². The summed E-state index contributed by atoms with van der Waals surface area (Å²) >= 11 is 0. The van der Waals surface area contributed by atoms with Crippen LogP contribution in [0, 0.1) is 11.8 Å². The Morgan fingerprint density at radius 1 is 1.14 bits per heavy atom. The summed E-state index contributed by atoms with van der Waals surface area (Å²) < 4.78 is 5.44. The van der Waals surface area contributed by atoms with E-state index in [2.05, 4.69) is 39.0 Å². The van der Waals surface area contributed by atoms with Gasteiger partial charge in [-0.25, -0.2) is 0 Å². The highest BCUT2D eigenvalue weighted by Gasteiger charge is 2.30. The fraction of sp³-hybridized carbons (Fsp3) is 0.591. The molecule has 0 N–H and O–H groups in total. The fourth-order valence-corrected chi connectivity index (χ4v) is 4.38. The Bertz CT molecular complexity index is 768. The van der Waals surface area contributed by atoms with Crippen molar-refractivity contribution in [2.24, 2.45) is 11.8 Å². The lowest BCUT2D eigenvalue weighted by Crippen LogP contribution is -2.45. The standard InChI is InChI=1S/C22H30N4O2/c1-17-6-5-11-26(15-17)22(27)19-9-12-25(13-10-19)16-21-23-20(24-28-21)14-18-7-3-2-4-8-18/h2-4,7-8,17,19H,5-6,9-16H2,1H3. The zero-order chi connectivity index (χ0) is 19.3. The number of nitrogens with zero attached hydrogens (tertiary/aromatic N) is 4. The van der Waals surface area contributed by atoms with Crippen molar-refractivity contribution in [1.82, 2.24) is 19.9 Å². The molecular weight excluding hydrogens is 352 g/mol. The Hall–Kier alpha value is -2.21. The molecule has 0 aliphatic carbocycles.